The summed E-state index contributed by atoms with van der Waals surface area (Å²) >= 11 is 0. The number of ether oxygens (including phenoxy) is 4. The predicted molar refractivity (Wildman–Crippen MR) is 185 cm³/mol. The first-order valence-electron chi connectivity index (χ1n) is 16.0. The SMILES string of the molecule is COc1ccc(C(OC[C@H]2O[C@@H](n3cnc4c(=O)[nH]c(NC(=O)c5ccccc5)nc43)C[C@@H]2O)(c2ccccc2)c2ccc(OC)cc2)cc1. The fourth-order valence-corrected chi connectivity index (χ4v) is 6.28. The molecule has 0 spiro atoms. The number of aliphatic hydroxyl groups excluding tert-OH is 1. The summed E-state index contributed by atoms with van der Waals surface area (Å²) in [5.74, 6) is 0.930. The van der Waals surface area contributed by atoms with Crippen molar-refractivity contribution in [2.24, 2.45) is 0 Å². The number of aliphatic hydroxyl groups is 1. The van der Waals surface area contributed by atoms with Crippen LogP contribution in [0.25, 0.3) is 11.2 Å². The van der Waals surface area contributed by atoms with Crippen molar-refractivity contribution in [3.8, 4) is 11.5 Å². The number of aromatic amines is 1. The summed E-state index contributed by atoms with van der Waals surface area (Å²) in [6.07, 6.45) is -0.764. The van der Waals surface area contributed by atoms with Gasteiger partial charge in [0.15, 0.2) is 11.2 Å². The summed E-state index contributed by atoms with van der Waals surface area (Å²) in [5, 5.41) is 14.0. The number of H-pyrrole nitrogens is 1. The third-order valence-corrected chi connectivity index (χ3v) is 8.85. The van der Waals surface area contributed by atoms with Crippen LogP contribution >= 0.6 is 0 Å². The minimum absolute atomic E-state index is 0.00362. The Morgan fingerprint density at radius 2 is 1.48 bits per heavy atom. The molecule has 3 heterocycles. The van der Waals surface area contributed by atoms with Crippen LogP contribution in [0.4, 0.5) is 5.95 Å². The summed E-state index contributed by atoms with van der Waals surface area (Å²) < 4.78 is 25.8. The van der Waals surface area contributed by atoms with Gasteiger partial charge in [-0.05, 0) is 53.1 Å². The summed E-state index contributed by atoms with van der Waals surface area (Å²) in [6, 6.07) is 33.8. The number of hydrogen-bond donors (Lipinski definition) is 3. The van der Waals surface area contributed by atoms with E-state index in [1.165, 1.54) is 6.33 Å². The molecule has 2 aromatic heterocycles. The fraction of sp³-hybridized carbons (Fsp3) is 0.211. The lowest BCUT2D eigenvalue weighted by molar-refractivity contribution is -0.0931. The number of hydrogen-bond acceptors (Lipinski definition) is 9. The van der Waals surface area contributed by atoms with Gasteiger partial charge in [-0.3, -0.25) is 24.5 Å². The van der Waals surface area contributed by atoms with Gasteiger partial charge < -0.3 is 24.1 Å². The quantitative estimate of drug-likeness (QED) is 0.161. The zero-order chi connectivity index (χ0) is 34.7. The van der Waals surface area contributed by atoms with E-state index in [0.29, 0.717) is 17.1 Å². The molecule has 1 aliphatic rings. The molecular formula is C38H35N5O7. The second kappa shape index (κ2) is 14.0. The minimum Gasteiger partial charge on any atom is -0.497 e. The molecule has 1 saturated heterocycles. The van der Waals surface area contributed by atoms with E-state index in [1.54, 1.807) is 49.1 Å². The molecule has 0 bridgehead atoms. The Balaban J connectivity index is 1.19. The van der Waals surface area contributed by atoms with Crippen LogP contribution in [0.15, 0.2) is 120 Å². The molecule has 6 aromatic rings. The molecule has 1 amide bonds. The molecular weight excluding hydrogens is 638 g/mol. The van der Waals surface area contributed by atoms with Gasteiger partial charge in [0.2, 0.25) is 5.95 Å². The molecule has 4 aromatic carbocycles. The van der Waals surface area contributed by atoms with E-state index in [1.807, 2.05) is 78.9 Å². The Kier molecular flexibility index (Phi) is 9.13. The minimum atomic E-state index is -1.11. The van der Waals surface area contributed by atoms with Gasteiger partial charge in [-0.15, -0.1) is 0 Å². The van der Waals surface area contributed by atoms with Crippen LogP contribution in [-0.2, 0) is 15.1 Å². The van der Waals surface area contributed by atoms with E-state index < -0.39 is 35.5 Å². The van der Waals surface area contributed by atoms with Crippen molar-refractivity contribution in [1.29, 1.82) is 0 Å². The molecule has 0 radical (unpaired) electrons. The number of nitrogens with zero attached hydrogens (tertiary/aromatic N) is 3. The van der Waals surface area contributed by atoms with Crippen molar-refractivity contribution in [3.05, 3.63) is 148 Å². The summed E-state index contributed by atoms with van der Waals surface area (Å²) in [4.78, 5) is 37.0. The van der Waals surface area contributed by atoms with Crippen molar-refractivity contribution in [3.63, 3.8) is 0 Å². The Labute approximate surface area is 287 Å². The van der Waals surface area contributed by atoms with Crippen LogP contribution in [0.3, 0.4) is 0 Å². The maximum atomic E-state index is 12.9. The van der Waals surface area contributed by atoms with E-state index >= 15 is 0 Å². The van der Waals surface area contributed by atoms with E-state index in [2.05, 4.69) is 20.3 Å². The number of imidazole rings is 1. The first kappa shape index (κ1) is 32.7. The van der Waals surface area contributed by atoms with Crippen molar-refractivity contribution in [2.75, 3.05) is 26.1 Å². The Bertz CT molecular complexity index is 2090. The normalized spacial score (nSPS) is 17.5. The molecule has 50 heavy (non-hydrogen) atoms. The standard InChI is InChI=1S/C38H35N5O7/c1-47-28-17-13-26(14-18-28)38(25-11-7-4-8-12-25,27-15-19-29(48-2)20-16-27)49-22-31-30(44)21-32(50-31)43-23-39-33-34(43)40-37(42-36(33)46)41-35(45)24-9-5-3-6-10-24/h3-20,23,30-32,44H,21-22H2,1-2H3,(H2,40,41,42,45,46)/t30-,31+,32+/m0/s1. The van der Waals surface area contributed by atoms with Crippen LogP contribution in [0.1, 0.15) is 39.7 Å². The smallest absolute Gasteiger partial charge is 0.280 e. The number of anilines is 1. The van der Waals surface area contributed by atoms with Gasteiger partial charge in [0.25, 0.3) is 11.5 Å². The molecule has 254 valence electrons. The number of rotatable bonds is 11. The van der Waals surface area contributed by atoms with E-state index in [9.17, 15) is 14.7 Å². The molecule has 7 rings (SSSR count). The lowest BCUT2D eigenvalue weighted by Gasteiger charge is -2.37. The maximum absolute atomic E-state index is 12.9. The number of carbonyl (C=O) groups excluding carboxylic acids is 1. The highest BCUT2D eigenvalue weighted by molar-refractivity contribution is 6.03. The number of aromatic nitrogens is 4. The van der Waals surface area contributed by atoms with E-state index in [-0.39, 0.29) is 30.1 Å². The van der Waals surface area contributed by atoms with Gasteiger partial charge >= 0.3 is 0 Å². The van der Waals surface area contributed by atoms with Crippen molar-refractivity contribution < 1.29 is 28.8 Å². The number of methoxy groups -OCH3 is 2. The number of fused-ring (bicyclic) bond motifs is 1. The number of amides is 1. The summed E-state index contributed by atoms with van der Waals surface area (Å²) in [7, 11) is 3.23. The van der Waals surface area contributed by atoms with Crippen LogP contribution in [0.2, 0.25) is 0 Å². The number of carbonyl (C=O) groups is 1. The van der Waals surface area contributed by atoms with E-state index in [0.717, 1.165) is 16.7 Å². The molecule has 3 N–H and O–H groups in total. The molecule has 12 heteroatoms. The van der Waals surface area contributed by atoms with Gasteiger partial charge in [-0.2, -0.15) is 4.98 Å². The monoisotopic (exact) mass is 673 g/mol. The number of nitrogens with one attached hydrogen (secondary N) is 2. The molecule has 1 fully saturated rings. The van der Waals surface area contributed by atoms with Crippen molar-refractivity contribution >= 4 is 23.0 Å². The maximum Gasteiger partial charge on any atom is 0.280 e. The van der Waals surface area contributed by atoms with Crippen LogP contribution < -0.4 is 20.3 Å². The molecule has 0 aliphatic carbocycles. The Morgan fingerprint density at radius 3 is 2.08 bits per heavy atom. The second-order valence-electron chi connectivity index (χ2n) is 11.8. The second-order valence-corrected chi connectivity index (χ2v) is 11.8. The molecule has 1 aliphatic heterocycles. The molecule has 0 unspecified atom stereocenters. The third kappa shape index (κ3) is 6.23. The molecule has 3 atom stereocenters. The zero-order valence-electron chi connectivity index (χ0n) is 27.4. The van der Waals surface area contributed by atoms with Gasteiger partial charge in [-0.25, -0.2) is 4.98 Å². The summed E-state index contributed by atoms with van der Waals surface area (Å²) in [5.41, 5.74) is 1.60. The highest BCUT2D eigenvalue weighted by Gasteiger charge is 2.42. The first-order chi connectivity index (χ1) is 24.4. The lowest BCUT2D eigenvalue weighted by Crippen LogP contribution is -2.38. The average molecular weight is 674 g/mol. The highest BCUT2D eigenvalue weighted by Crippen LogP contribution is 2.43. The van der Waals surface area contributed by atoms with Crippen LogP contribution in [-0.4, -0.2) is 63.6 Å². The molecule has 0 saturated carbocycles. The average Bonchev–Trinajstić information content (AvgIpc) is 3.76. The fourth-order valence-electron chi connectivity index (χ4n) is 6.28. The molecule has 12 nitrogen and oxygen atoms in total. The third-order valence-electron chi connectivity index (χ3n) is 8.85. The van der Waals surface area contributed by atoms with Crippen molar-refractivity contribution in [1.82, 2.24) is 19.5 Å². The topological polar surface area (TPSA) is 150 Å². The van der Waals surface area contributed by atoms with E-state index in [4.69, 9.17) is 18.9 Å². The first-order valence-corrected chi connectivity index (χ1v) is 16.0. The van der Waals surface area contributed by atoms with Gasteiger partial charge in [0.1, 0.15) is 29.4 Å². The van der Waals surface area contributed by atoms with Gasteiger partial charge in [0.05, 0.1) is 33.3 Å². The Hall–Kier alpha value is -5.82. The number of benzene rings is 4. The predicted octanol–water partition coefficient (Wildman–Crippen LogP) is 5.05. The zero-order valence-corrected chi connectivity index (χ0v) is 27.4. The van der Waals surface area contributed by atoms with Crippen LogP contribution in [0, 0.1) is 0 Å². The lowest BCUT2D eigenvalue weighted by atomic mass is 9.80. The Morgan fingerprint density at radius 1 is 0.900 bits per heavy atom. The summed E-state index contributed by atoms with van der Waals surface area (Å²) in [6.45, 7) is 0.00362. The highest BCUT2D eigenvalue weighted by atomic mass is 16.6. The largest absolute Gasteiger partial charge is 0.497 e. The van der Waals surface area contributed by atoms with Crippen molar-refractivity contribution in [2.45, 2.75) is 30.5 Å². The van der Waals surface area contributed by atoms with Gasteiger partial charge in [-0.1, -0.05) is 72.8 Å². The van der Waals surface area contributed by atoms with Crippen LogP contribution in [0.5, 0.6) is 11.5 Å². The van der Waals surface area contributed by atoms with Gasteiger partial charge in [0, 0.05) is 12.0 Å².